The third-order valence-electron chi connectivity index (χ3n) is 2.53. The van der Waals surface area contributed by atoms with E-state index in [1.54, 1.807) is 31.2 Å². The van der Waals surface area contributed by atoms with Gasteiger partial charge < -0.3 is 9.90 Å². The lowest BCUT2D eigenvalue weighted by molar-refractivity contribution is -0.304. The molecule has 0 aliphatic carbocycles. The van der Waals surface area contributed by atoms with Crippen LogP contribution in [0.4, 0.5) is 0 Å². The lowest BCUT2D eigenvalue weighted by Gasteiger charge is -1.99. The van der Waals surface area contributed by atoms with Gasteiger partial charge >= 0.3 is 0 Å². The number of para-hydroxylation sites is 1. The Bertz CT molecular complexity index is 596. The number of carbonyl (C=O) groups excluding carboxylic acids is 1. The average Bonchev–Trinajstić information content (AvgIpc) is 2.58. The highest BCUT2D eigenvalue weighted by atomic mass is 16.4. The normalized spacial score (nSPS) is 10.4. The molecule has 0 bridgehead atoms. The second-order valence-corrected chi connectivity index (χ2v) is 3.74. The second-order valence-electron chi connectivity index (χ2n) is 3.74. The van der Waals surface area contributed by atoms with Crippen molar-refractivity contribution < 1.29 is 9.90 Å². The van der Waals surface area contributed by atoms with Gasteiger partial charge in [-0.1, -0.05) is 18.2 Å². The summed E-state index contributed by atoms with van der Waals surface area (Å²) in [6, 6.07) is 8.97. The van der Waals surface area contributed by atoms with Crippen LogP contribution in [0.15, 0.2) is 35.1 Å². The van der Waals surface area contributed by atoms with Crippen LogP contribution in [0.25, 0.3) is 5.69 Å². The molecule has 0 fully saturated rings. The molecule has 5 nitrogen and oxygen atoms in total. The standard InChI is InChI=1S/C12H12N2O3/c1-8-10(7-11(15)16)12(17)14(13-8)9-5-3-2-4-6-9/h2-6,13H,7H2,1H3,(H,15,16)/p-1. The van der Waals surface area contributed by atoms with E-state index in [-0.39, 0.29) is 17.5 Å². The quantitative estimate of drug-likeness (QED) is 0.792. The maximum absolute atomic E-state index is 12.0. The van der Waals surface area contributed by atoms with Gasteiger partial charge in [-0.2, -0.15) is 0 Å². The van der Waals surface area contributed by atoms with Crippen molar-refractivity contribution in [2.45, 2.75) is 13.3 Å². The highest BCUT2D eigenvalue weighted by molar-refractivity contribution is 5.68. The van der Waals surface area contributed by atoms with Gasteiger partial charge in [0.05, 0.1) is 5.69 Å². The Morgan fingerprint density at radius 2 is 2.00 bits per heavy atom. The van der Waals surface area contributed by atoms with Gasteiger partial charge in [-0.15, -0.1) is 0 Å². The molecule has 0 amide bonds. The molecule has 1 N–H and O–H groups in total. The van der Waals surface area contributed by atoms with Crippen LogP contribution in [-0.2, 0) is 11.2 Å². The number of hydrogen-bond donors (Lipinski definition) is 1. The fourth-order valence-corrected chi connectivity index (χ4v) is 1.69. The maximum atomic E-state index is 12.0. The van der Waals surface area contributed by atoms with E-state index >= 15 is 0 Å². The molecule has 5 heteroatoms. The Labute approximate surface area is 97.3 Å². The first kappa shape index (κ1) is 11.2. The van der Waals surface area contributed by atoms with Crippen molar-refractivity contribution in [3.63, 3.8) is 0 Å². The number of H-pyrrole nitrogens is 1. The van der Waals surface area contributed by atoms with E-state index < -0.39 is 5.97 Å². The molecule has 0 atom stereocenters. The first-order chi connectivity index (χ1) is 8.09. The van der Waals surface area contributed by atoms with Crippen LogP contribution in [0.5, 0.6) is 0 Å². The smallest absolute Gasteiger partial charge is 0.275 e. The summed E-state index contributed by atoms with van der Waals surface area (Å²) in [4.78, 5) is 22.5. The van der Waals surface area contributed by atoms with E-state index in [4.69, 9.17) is 0 Å². The molecular weight excluding hydrogens is 220 g/mol. The predicted octanol–water partition coefficient (Wildman–Crippen LogP) is -0.234. The monoisotopic (exact) mass is 231 g/mol. The molecule has 1 aromatic carbocycles. The van der Waals surface area contributed by atoms with Gasteiger partial charge in [0.15, 0.2) is 0 Å². The Hall–Kier alpha value is -2.30. The van der Waals surface area contributed by atoms with Crippen LogP contribution in [-0.4, -0.2) is 15.7 Å². The maximum Gasteiger partial charge on any atom is 0.275 e. The zero-order valence-electron chi connectivity index (χ0n) is 9.27. The minimum absolute atomic E-state index is 0.230. The largest absolute Gasteiger partial charge is 0.550 e. The fourth-order valence-electron chi connectivity index (χ4n) is 1.69. The minimum atomic E-state index is -1.26. The lowest BCUT2D eigenvalue weighted by atomic mass is 10.2. The number of rotatable bonds is 3. The topological polar surface area (TPSA) is 77.9 Å². The third kappa shape index (κ3) is 2.13. The van der Waals surface area contributed by atoms with Crippen LogP contribution in [0.1, 0.15) is 11.3 Å². The van der Waals surface area contributed by atoms with Crippen LogP contribution >= 0.6 is 0 Å². The van der Waals surface area contributed by atoms with Crippen molar-refractivity contribution in [3.05, 3.63) is 51.9 Å². The number of hydrogen-bond acceptors (Lipinski definition) is 3. The molecule has 0 saturated heterocycles. The van der Waals surface area contributed by atoms with Crippen molar-refractivity contribution >= 4 is 5.97 Å². The number of nitrogens with zero attached hydrogens (tertiary/aromatic N) is 1. The van der Waals surface area contributed by atoms with Gasteiger partial charge in [0.2, 0.25) is 0 Å². The van der Waals surface area contributed by atoms with E-state index in [2.05, 4.69) is 5.10 Å². The summed E-state index contributed by atoms with van der Waals surface area (Å²) in [6.45, 7) is 1.67. The van der Waals surface area contributed by atoms with Crippen molar-refractivity contribution in [2.75, 3.05) is 0 Å². The number of nitrogens with one attached hydrogen (secondary N) is 1. The number of benzene rings is 1. The Balaban J connectivity index is 2.52. The molecule has 0 spiro atoms. The first-order valence-electron chi connectivity index (χ1n) is 5.15. The number of carbonyl (C=O) groups is 1. The van der Waals surface area contributed by atoms with Crippen LogP contribution in [0.2, 0.25) is 0 Å². The average molecular weight is 231 g/mol. The number of carboxylic acids is 1. The van der Waals surface area contributed by atoms with Gasteiger partial charge in [0, 0.05) is 23.6 Å². The number of carboxylic acid groups (broad SMARTS) is 1. The van der Waals surface area contributed by atoms with Crippen LogP contribution in [0, 0.1) is 6.92 Å². The number of aromatic amines is 1. The highest BCUT2D eigenvalue weighted by Crippen LogP contribution is 2.06. The van der Waals surface area contributed by atoms with Crippen LogP contribution in [0.3, 0.4) is 0 Å². The highest BCUT2D eigenvalue weighted by Gasteiger charge is 2.11. The summed E-state index contributed by atoms with van der Waals surface area (Å²) in [6.07, 6.45) is -0.374. The van der Waals surface area contributed by atoms with Crippen LogP contribution < -0.4 is 10.7 Å². The fraction of sp³-hybridized carbons (Fsp3) is 0.167. The summed E-state index contributed by atoms with van der Waals surface area (Å²) >= 11 is 0. The summed E-state index contributed by atoms with van der Waals surface area (Å²) in [5.74, 6) is -1.26. The molecule has 2 rings (SSSR count). The van der Waals surface area contributed by atoms with Crippen molar-refractivity contribution in [1.29, 1.82) is 0 Å². The summed E-state index contributed by atoms with van der Waals surface area (Å²) in [7, 11) is 0. The lowest BCUT2D eigenvalue weighted by Crippen LogP contribution is -2.28. The number of aliphatic carboxylic acids is 1. The molecule has 17 heavy (non-hydrogen) atoms. The van der Waals surface area contributed by atoms with E-state index in [1.807, 2.05) is 6.07 Å². The molecule has 0 radical (unpaired) electrons. The molecule has 0 saturated carbocycles. The number of aryl methyl sites for hydroxylation is 1. The second kappa shape index (κ2) is 4.29. The Kier molecular flexibility index (Phi) is 2.82. The van der Waals surface area contributed by atoms with Gasteiger partial charge in [0.25, 0.3) is 5.56 Å². The Morgan fingerprint density at radius 3 is 2.59 bits per heavy atom. The SMILES string of the molecule is Cc1[nH]n(-c2ccccc2)c(=O)c1CC(=O)[O-]. The summed E-state index contributed by atoms with van der Waals surface area (Å²) < 4.78 is 1.33. The van der Waals surface area contributed by atoms with Gasteiger partial charge in [-0.05, 0) is 19.1 Å². The molecule has 1 heterocycles. The zero-order chi connectivity index (χ0) is 12.4. The predicted molar refractivity (Wildman–Crippen MR) is 59.8 cm³/mol. The van der Waals surface area contributed by atoms with E-state index in [1.165, 1.54) is 4.68 Å². The van der Waals surface area contributed by atoms with E-state index in [0.29, 0.717) is 11.4 Å². The van der Waals surface area contributed by atoms with Gasteiger partial charge in [-0.25, -0.2) is 4.68 Å². The molecule has 0 aliphatic heterocycles. The van der Waals surface area contributed by atoms with Gasteiger partial charge in [-0.3, -0.25) is 9.89 Å². The Morgan fingerprint density at radius 1 is 1.35 bits per heavy atom. The van der Waals surface area contributed by atoms with Crippen molar-refractivity contribution in [1.82, 2.24) is 9.78 Å². The van der Waals surface area contributed by atoms with Crippen molar-refractivity contribution in [3.8, 4) is 5.69 Å². The third-order valence-corrected chi connectivity index (χ3v) is 2.53. The molecular formula is C12H11N2O3-. The zero-order valence-corrected chi connectivity index (χ0v) is 9.27. The molecule has 0 unspecified atom stereocenters. The minimum Gasteiger partial charge on any atom is -0.550 e. The van der Waals surface area contributed by atoms with E-state index in [0.717, 1.165) is 0 Å². The molecule has 88 valence electrons. The molecule has 1 aromatic heterocycles. The first-order valence-corrected chi connectivity index (χ1v) is 5.15. The van der Waals surface area contributed by atoms with Gasteiger partial charge in [0.1, 0.15) is 0 Å². The van der Waals surface area contributed by atoms with E-state index in [9.17, 15) is 14.7 Å². The van der Waals surface area contributed by atoms with Crippen molar-refractivity contribution in [2.24, 2.45) is 0 Å². The summed E-state index contributed by atoms with van der Waals surface area (Å²) in [5, 5.41) is 13.4. The molecule has 0 aliphatic rings. The molecule has 2 aromatic rings. The summed E-state index contributed by atoms with van der Waals surface area (Å²) in [5.41, 5.74) is 1.10. The number of aromatic nitrogens is 2.